The van der Waals surface area contributed by atoms with Gasteiger partial charge in [0, 0.05) is 77.0 Å². The summed E-state index contributed by atoms with van der Waals surface area (Å²) in [5.74, 6) is 0. The van der Waals surface area contributed by atoms with Gasteiger partial charge in [-0.3, -0.25) is 0 Å². The molecule has 12 aromatic rings. The van der Waals surface area contributed by atoms with Gasteiger partial charge in [-0.2, -0.15) is 0 Å². The van der Waals surface area contributed by atoms with E-state index in [4.69, 9.17) is 0 Å². The molecular formula is C48H27NS4. The lowest BCUT2D eigenvalue weighted by molar-refractivity contribution is 1.32. The van der Waals surface area contributed by atoms with Gasteiger partial charge < -0.3 is 4.90 Å². The molecule has 0 amide bonds. The second-order valence-corrected chi connectivity index (χ2v) is 17.8. The number of benzene rings is 8. The number of anilines is 3. The molecule has 0 unspecified atom stereocenters. The zero-order valence-electron chi connectivity index (χ0n) is 28.2. The van der Waals surface area contributed by atoms with Crippen molar-refractivity contribution in [3.05, 3.63) is 164 Å². The highest BCUT2D eigenvalue weighted by molar-refractivity contribution is 7.30. The first kappa shape index (κ1) is 30.0. The molecule has 8 aromatic carbocycles. The van der Waals surface area contributed by atoms with E-state index in [1.165, 1.54) is 103 Å². The maximum atomic E-state index is 2.52. The summed E-state index contributed by atoms with van der Waals surface area (Å²) >= 11 is 7.61. The predicted molar refractivity (Wildman–Crippen MR) is 238 cm³/mol. The first-order chi connectivity index (χ1) is 26.3. The molecule has 0 fully saturated rings. The molecule has 248 valence electrons. The van der Waals surface area contributed by atoms with E-state index in [-0.39, 0.29) is 0 Å². The molecule has 0 N–H and O–H groups in total. The van der Waals surface area contributed by atoms with Crippen LogP contribution in [0.25, 0.3) is 91.8 Å². The van der Waals surface area contributed by atoms with Gasteiger partial charge in [-0.25, -0.2) is 0 Å². The maximum absolute atomic E-state index is 2.52. The first-order valence-corrected chi connectivity index (χ1v) is 21.0. The summed E-state index contributed by atoms with van der Waals surface area (Å²) in [6.45, 7) is 0. The Morgan fingerprint density at radius 3 is 1.53 bits per heavy atom. The zero-order valence-corrected chi connectivity index (χ0v) is 31.4. The molecule has 0 radical (unpaired) electrons. The highest BCUT2D eigenvalue weighted by Crippen LogP contribution is 2.51. The van der Waals surface area contributed by atoms with E-state index in [1.54, 1.807) is 0 Å². The monoisotopic (exact) mass is 745 g/mol. The van der Waals surface area contributed by atoms with Crippen LogP contribution in [0.2, 0.25) is 0 Å². The van der Waals surface area contributed by atoms with Crippen LogP contribution < -0.4 is 4.90 Å². The van der Waals surface area contributed by atoms with Gasteiger partial charge in [0.25, 0.3) is 0 Å². The van der Waals surface area contributed by atoms with Gasteiger partial charge in [0.2, 0.25) is 0 Å². The van der Waals surface area contributed by atoms with Crippen LogP contribution in [-0.4, -0.2) is 0 Å². The number of thiophene rings is 4. The number of nitrogens with zero attached hydrogens (tertiary/aromatic N) is 1. The summed E-state index contributed by atoms with van der Waals surface area (Å²) in [7, 11) is 0. The third kappa shape index (κ3) is 4.40. The highest BCUT2D eigenvalue weighted by atomic mass is 32.1. The Hall–Kier alpha value is -5.56. The molecule has 5 heteroatoms. The second-order valence-electron chi connectivity index (χ2n) is 13.6. The lowest BCUT2D eigenvalue weighted by atomic mass is 10.0. The number of hydrogen-bond acceptors (Lipinski definition) is 5. The molecule has 53 heavy (non-hydrogen) atoms. The van der Waals surface area contributed by atoms with Crippen LogP contribution in [0.5, 0.6) is 0 Å². The van der Waals surface area contributed by atoms with Gasteiger partial charge in [-0.1, -0.05) is 115 Å². The summed E-state index contributed by atoms with van der Waals surface area (Å²) in [6, 6.07) is 60.8. The molecule has 0 atom stereocenters. The Kier molecular flexibility index (Phi) is 6.48. The van der Waals surface area contributed by atoms with Crippen molar-refractivity contribution >= 4 is 143 Å². The van der Waals surface area contributed by atoms with E-state index < -0.39 is 0 Å². The van der Waals surface area contributed by atoms with Crippen molar-refractivity contribution in [2.75, 3.05) is 4.90 Å². The summed E-state index contributed by atoms with van der Waals surface area (Å²) in [6.07, 6.45) is 0. The Morgan fingerprint density at radius 2 is 0.849 bits per heavy atom. The average Bonchev–Trinajstić information content (AvgIpc) is 3.98. The lowest BCUT2D eigenvalue weighted by Crippen LogP contribution is -2.10. The van der Waals surface area contributed by atoms with Crippen LogP contribution in [0, 0.1) is 0 Å². The van der Waals surface area contributed by atoms with E-state index >= 15 is 0 Å². The van der Waals surface area contributed by atoms with Gasteiger partial charge in [0.15, 0.2) is 0 Å². The Bertz CT molecular complexity index is 3320. The molecule has 0 aliphatic rings. The predicted octanol–water partition coefficient (Wildman–Crippen LogP) is 16.3. The van der Waals surface area contributed by atoms with E-state index in [9.17, 15) is 0 Å². The van der Waals surface area contributed by atoms with Crippen molar-refractivity contribution < 1.29 is 0 Å². The first-order valence-electron chi connectivity index (χ1n) is 17.7. The fraction of sp³-hybridized carbons (Fsp3) is 0. The van der Waals surface area contributed by atoms with Gasteiger partial charge in [-0.15, -0.1) is 45.3 Å². The van der Waals surface area contributed by atoms with Crippen molar-refractivity contribution in [1.82, 2.24) is 0 Å². The Morgan fingerprint density at radius 1 is 0.321 bits per heavy atom. The van der Waals surface area contributed by atoms with Crippen LogP contribution >= 0.6 is 45.3 Å². The van der Waals surface area contributed by atoms with Crippen LogP contribution in [0.4, 0.5) is 17.1 Å². The van der Waals surface area contributed by atoms with E-state index in [0.717, 1.165) is 5.69 Å². The maximum Gasteiger partial charge on any atom is 0.0640 e. The van der Waals surface area contributed by atoms with Crippen molar-refractivity contribution in [3.63, 3.8) is 0 Å². The minimum absolute atomic E-state index is 1.15. The van der Waals surface area contributed by atoms with Crippen LogP contribution in [-0.2, 0) is 0 Å². The van der Waals surface area contributed by atoms with Crippen LogP contribution in [0.1, 0.15) is 0 Å². The molecule has 4 heterocycles. The number of hydrogen-bond donors (Lipinski definition) is 0. The normalized spacial score (nSPS) is 12.2. The number of fused-ring (bicyclic) bond motifs is 13. The minimum atomic E-state index is 1.15. The minimum Gasteiger partial charge on any atom is -0.308 e. The third-order valence-corrected chi connectivity index (χ3v) is 15.5. The molecule has 0 spiro atoms. The molecule has 0 saturated carbocycles. The average molecular weight is 746 g/mol. The highest BCUT2D eigenvalue weighted by Gasteiger charge is 2.22. The van der Waals surface area contributed by atoms with E-state index in [2.05, 4.69) is 169 Å². The quantitative estimate of drug-likeness (QED) is 0.173. The Balaban J connectivity index is 1.12. The third-order valence-electron chi connectivity index (χ3n) is 10.7. The molecule has 4 aromatic heterocycles. The fourth-order valence-corrected chi connectivity index (χ4v) is 13.3. The standard InChI is InChI=1S/C48H27NS4/c1-4-22-40-31(13-1)33-18-9-20-38(46(33)51-40)49(39-21-10-19-34-32-14-2-5-23-41(32)52-47(34)39)29-12-7-11-28(27-29)30-16-8-17-35-36-25-26-43-44(48(36)53-45(30)35)37-15-3-6-24-42(37)50-43/h1-27H. The lowest BCUT2D eigenvalue weighted by Gasteiger charge is -2.27. The largest absolute Gasteiger partial charge is 0.308 e. The summed E-state index contributed by atoms with van der Waals surface area (Å²) in [5.41, 5.74) is 6.07. The topological polar surface area (TPSA) is 3.24 Å². The van der Waals surface area contributed by atoms with Crippen LogP contribution in [0.15, 0.2) is 164 Å². The molecule has 0 saturated heterocycles. The molecule has 0 aliphatic carbocycles. The Labute approximate surface area is 320 Å². The smallest absolute Gasteiger partial charge is 0.0640 e. The number of rotatable bonds is 4. The molecule has 12 rings (SSSR count). The summed E-state index contributed by atoms with van der Waals surface area (Å²) in [4.78, 5) is 2.52. The summed E-state index contributed by atoms with van der Waals surface area (Å²) in [5, 5.41) is 10.6. The van der Waals surface area contributed by atoms with Gasteiger partial charge in [0.1, 0.15) is 0 Å². The summed E-state index contributed by atoms with van der Waals surface area (Å²) < 4.78 is 10.7. The van der Waals surface area contributed by atoms with Gasteiger partial charge >= 0.3 is 0 Å². The van der Waals surface area contributed by atoms with Crippen molar-refractivity contribution in [2.45, 2.75) is 0 Å². The van der Waals surface area contributed by atoms with E-state index in [1.807, 2.05) is 45.3 Å². The van der Waals surface area contributed by atoms with Gasteiger partial charge in [0.05, 0.1) is 20.8 Å². The SMILES string of the molecule is c1cc(-c2cccc3c2sc2c3ccc3sc4ccccc4c32)cc(N(c2cccc3c2sc2ccccc23)c2cccc3c2sc2ccccc23)c1. The molecular weight excluding hydrogens is 719 g/mol. The molecule has 1 nitrogen and oxygen atoms in total. The van der Waals surface area contributed by atoms with Crippen molar-refractivity contribution in [2.24, 2.45) is 0 Å². The fourth-order valence-electron chi connectivity index (χ4n) is 8.33. The zero-order chi connectivity index (χ0) is 34.6. The molecule has 0 aliphatic heterocycles. The van der Waals surface area contributed by atoms with Crippen molar-refractivity contribution in [1.29, 1.82) is 0 Å². The molecule has 0 bridgehead atoms. The second kappa shape index (κ2) is 11.5. The van der Waals surface area contributed by atoms with Gasteiger partial charge in [-0.05, 0) is 59.7 Å². The van der Waals surface area contributed by atoms with E-state index in [0.29, 0.717) is 0 Å². The van der Waals surface area contributed by atoms with Crippen molar-refractivity contribution in [3.8, 4) is 11.1 Å². The van der Waals surface area contributed by atoms with Crippen LogP contribution in [0.3, 0.4) is 0 Å².